The number of aromatic nitrogens is 2. The molecule has 0 spiro atoms. The number of nitrogens with zero attached hydrogens (tertiary/aromatic N) is 2. The van der Waals surface area contributed by atoms with E-state index in [1.807, 2.05) is 6.07 Å². The third-order valence-corrected chi connectivity index (χ3v) is 9.56. The zero-order valence-electron chi connectivity index (χ0n) is 17.6. The molecule has 152 valence electrons. The molecule has 1 aromatic heterocycles. The van der Waals surface area contributed by atoms with Gasteiger partial charge in [0.15, 0.2) is 0 Å². The maximum Gasteiger partial charge on any atom is 0.144 e. The van der Waals surface area contributed by atoms with Crippen LogP contribution in [0.15, 0.2) is 18.5 Å². The van der Waals surface area contributed by atoms with E-state index in [0.29, 0.717) is 18.0 Å². The molecule has 0 radical (unpaired) electrons. The minimum absolute atomic E-state index is 0.224. The Bertz CT molecular complexity index is 719. The molecule has 0 amide bonds. The molecule has 4 aliphatic rings. The highest BCUT2D eigenvalue weighted by molar-refractivity contribution is 5.83. The lowest BCUT2D eigenvalue weighted by Gasteiger charge is -2.56. The Morgan fingerprint density at radius 2 is 1.79 bits per heavy atom. The van der Waals surface area contributed by atoms with Gasteiger partial charge in [0, 0.05) is 18.3 Å². The summed E-state index contributed by atoms with van der Waals surface area (Å²) in [5.41, 5.74) is 0.224. The first-order valence-corrected chi connectivity index (χ1v) is 11.8. The van der Waals surface area contributed by atoms with Crippen LogP contribution in [0, 0.1) is 46.8 Å². The van der Waals surface area contributed by atoms with Crippen molar-refractivity contribution in [1.29, 1.82) is 0 Å². The van der Waals surface area contributed by atoms with Gasteiger partial charge in [-0.25, -0.2) is 9.97 Å². The molecule has 3 heteroatoms. The largest absolute Gasteiger partial charge is 0.299 e. The Labute approximate surface area is 170 Å². The van der Waals surface area contributed by atoms with Crippen molar-refractivity contribution in [2.75, 3.05) is 0 Å². The van der Waals surface area contributed by atoms with Gasteiger partial charge in [0.05, 0.1) is 6.42 Å². The van der Waals surface area contributed by atoms with Gasteiger partial charge in [0.2, 0.25) is 0 Å². The van der Waals surface area contributed by atoms with Crippen molar-refractivity contribution in [2.24, 2.45) is 46.8 Å². The molecule has 4 saturated carbocycles. The first kappa shape index (κ1) is 18.8. The number of rotatable bonds is 3. The maximum absolute atomic E-state index is 13.2. The molecule has 1 aromatic rings. The summed E-state index contributed by atoms with van der Waals surface area (Å²) in [5.74, 6) is 6.88. The number of ketones is 1. The number of hydrogen-bond acceptors (Lipinski definition) is 3. The third-order valence-electron chi connectivity index (χ3n) is 9.56. The van der Waals surface area contributed by atoms with Crippen LogP contribution in [0.4, 0.5) is 0 Å². The smallest absolute Gasteiger partial charge is 0.144 e. The Morgan fingerprint density at radius 3 is 2.61 bits per heavy atom. The maximum atomic E-state index is 13.2. The van der Waals surface area contributed by atoms with Crippen molar-refractivity contribution in [1.82, 2.24) is 9.97 Å². The number of carbonyl (C=O) groups is 1. The molecule has 0 aliphatic heterocycles. The molecule has 8 atom stereocenters. The summed E-state index contributed by atoms with van der Waals surface area (Å²) >= 11 is 0. The van der Waals surface area contributed by atoms with E-state index in [1.165, 1.54) is 51.4 Å². The SMILES string of the molecule is CC1CCC2C(CCC3C2CCC2(C)C(C(=O)Cc4ncccn4)CCC32)C1. The van der Waals surface area contributed by atoms with Crippen molar-refractivity contribution >= 4 is 5.78 Å². The zero-order valence-corrected chi connectivity index (χ0v) is 17.6. The van der Waals surface area contributed by atoms with Gasteiger partial charge in [-0.2, -0.15) is 0 Å². The predicted molar refractivity (Wildman–Crippen MR) is 111 cm³/mol. The predicted octanol–water partition coefficient (Wildman–Crippen LogP) is 5.49. The van der Waals surface area contributed by atoms with E-state index in [4.69, 9.17) is 0 Å². The lowest BCUT2D eigenvalue weighted by molar-refractivity contribution is -0.130. The van der Waals surface area contributed by atoms with Crippen LogP contribution in [0.5, 0.6) is 0 Å². The molecule has 3 nitrogen and oxygen atoms in total. The average Bonchev–Trinajstić information content (AvgIpc) is 3.05. The minimum Gasteiger partial charge on any atom is -0.299 e. The second-order valence-corrected chi connectivity index (χ2v) is 10.8. The minimum atomic E-state index is 0.224. The Kier molecular flexibility index (Phi) is 4.83. The van der Waals surface area contributed by atoms with Crippen LogP contribution in [0.1, 0.15) is 77.5 Å². The summed E-state index contributed by atoms with van der Waals surface area (Å²) in [6.07, 6.45) is 16.2. The Balaban J connectivity index is 1.32. The summed E-state index contributed by atoms with van der Waals surface area (Å²) in [6, 6.07) is 1.82. The number of fused-ring (bicyclic) bond motifs is 5. The van der Waals surface area contributed by atoms with Crippen molar-refractivity contribution in [3.05, 3.63) is 24.3 Å². The summed E-state index contributed by atoms with van der Waals surface area (Å²) < 4.78 is 0. The summed E-state index contributed by atoms with van der Waals surface area (Å²) in [4.78, 5) is 21.8. The molecule has 5 rings (SSSR count). The van der Waals surface area contributed by atoms with Crippen LogP contribution in [0.3, 0.4) is 0 Å². The van der Waals surface area contributed by atoms with Crippen LogP contribution in [-0.4, -0.2) is 15.8 Å². The van der Waals surface area contributed by atoms with Gasteiger partial charge in [-0.15, -0.1) is 0 Å². The molecule has 0 aromatic carbocycles. The average molecular weight is 381 g/mol. The second kappa shape index (κ2) is 7.22. The van der Waals surface area contributed by atoms with Crippen LogP contribution in [-0.2, 0) is 11.2 Å². The monoisotopic (exact) mass is 380 g/mol. The van der Waals surface area contributed by atoms with Crippen molar-refractivity contribution < 1.29 is 4.79 Å². The highest BCUT2D eigenvalue weighted by atomic mass is 16.1. The molecule has 0 N–H and O–H groups in total. The fourth-order valence-corrected chi connectivity index (χ4v) is 8.32. The van der Waals surface area contributed by atoms with E-state index in [2.05, 4.69) is 23.8 Å². The molecule has 4 fully saturated rings. The lowest BCUT2D eigenvalue weighted by Crippen LogP contribution is -2.49. The molecule has 8 unspecified atom stereocenters. The zero-order chi connectivity index (χ0) is 19.3. The van der Waals surface area contributed by atoms with Crippen molar-refractivity contribution in [3.63, 3.8) is 0 Å². The van der Waals surface area contributed by atoms with Crippen molar-refractivity contribution in [3.8, 4) is 0 Å². The van der Waals surface area contributed by atoms with Crippen molar-refractivity contribution in [2.45, 2.75) is 78.1 Å². The van der Waals surface area contributed by atoms with E-state index >= 15 is 0 Å². The van der Waals surface area contributed by atoms with E-state index in [1.54, 1.807) is 12.4 Å². The fraction of sp³-hybridized carbons (Fsp3) is 0.800. The first-order chi connectivity index (χ1) is 13.6. The molecular weight excluding hydrogens is 344 g/mol. The van der Waals surface area contributed by atoms with Gasteiger partial charge in [-0.3, -0.25) is 4.79 Å². The van der Waals surface area contributed by atoms with Gasteiger partial charge in [-0.1, -0.05) is 20.3 Å². The fourth-order valence-electron chi connectivity index (χ4n) is 8.32. The van der Waals surface area contributed by atoms with E-state index in [9.17, 15) is 4.79 Å². The van der Waals surface area contributed by atoms with Gasteiger partial charge >= 0.3 is 0 Å². The van der Waals surface area contributed by atoms with Gasteiger partial charge in [0.1, 0.15) is 11.6 Å². The highest BCUT2D eigenvalue weighted by Crippen LogP contribution is 2.64. The van der Waals surface area contributed by atoms with Crippen LogP contribution in [0.2, 0.25) is 0 Å². The van der Waals surface area contributed by atoms with Crippen LogP contribution in [0.25, 0.3) is 0 Å². The molecule has 0 bridgehead atoms. The number of Topliss-reactive ketones (excluding diaryl/α,β-unsaturated/α-hetero) is 1. The second-order valence-electron chi connectivity index (χ2n) is 10.8. The van der Waals surface area contributed by atoms with Crippen LogP contribution >= 0.6 is 0 Å². The van der Waals surface area contributed by atoms with Crippen LogP contribution < -0.4 is 0 Å². The molecular formula is C25H36N2O. The van der Waals surface area contributed by atoms with E-state index < -0.39 is 0 Å². The number of hydrogen-bond donors (Lipinski definition) is 0. The van der Waals surface area contributed by atoms with E-state index in [0.717, 1.165) is 41.9 Å². The lowest BCUT2D eigenvalue weighted by atomic mass is 9.49. The summed E-state index contributed by atoms with van der Waals surface area (Å²) in [5, 5.41) is 0. The molecule has 0 saturated heterocycles. The Morgan fingerprint density at radius 1 is 1.00 bits per heavy atom. The molecule has 28 heavy (non-hydrogen) atoms. The summed E-state index contributed by atoms with van der Waals surface area (Å²) in [6.45, 7) is 4.92. The molecule has 1 heterocycles. The van der Waals surface area contributed by atoms with Gasteiger partial charge in [0.25, 0.3) is 0 Å². The van der Waals surface area contributed by atoms with E-state index in [-0.39, 0.29) is 11.3 Å². The topological polar surface area (TPSA) is 42.9 Å². The standard InChI is InChI=1S/C25H36N2O/c1-16-4-6-18-17(14-16)5-7-20-19(18)10-11-25(2)21(20)8-9-22(25)23(28)15-24-26-12-3-13-27-24/h3,12-13,16-22H,4-11,14-15H2,1-2H3. The normalized spacial score (nSPS) is 45.0. The van der Waals surface area contributed by atoms with Gasteiger partial charge < -0.3 is 0 Å². The Hall–Kier alpha value is -1.25. The summed E-state index contributed by atoms with van der Waals surface area (Å²) in [7, 11) is 0. The molecule has 4 aliphatic carbocycles. The highest BCUT2D eigenvalue weighted by Gasteiger charge is 2.58. The number of carbonyl (C=O) groups excluding carboxylic acids is 1. The third kappa shape index (κ3) is 3.04. The first-order valence-electron chi connectivity index (χ1n) is 11.8. The van der Waals surface area contributed by atoms with Gasteiger partial charge in [-0.05, 0) is 98.4 Å². The quantitative estimate of drug-likeness (QED) is 0.696.